The van der Waals surface area contributed by atoms with Crippen LogP contribution in [0.3, 0.4) is 0 Å². The molecule has 1 fully saturated rings. The predicted molar refractivity (Wildman–Crippen MR) is 129 cm³/mol. The van der Waals surface area contributed by atoms with Gasteiger partial charge in [-0.3, -0.25) is 0 Å². The van der Waals surface area contributed by atoms with Crippen molar-refractivity contribution in [2.24, 2.45) is 0 Å². The molecular weight excluding hydrogens is 634 g/mol. The average molecular weight is 655 g/mol. The predicted octanol–water partition coefficient (Wildman–Crippen LogP) is 5.31. The quantitative estimate of drug-likeness (QED) is 0.166. The molecule has 0 atom stereocenters. The summed E-state index contributed by atoms with van der Waals surface area (Å²) in [7, 11) is 0. The van der Waals surface area contributed by atoms with Gasteiger partial charge in [-0.05, 0) is 39.5 Å². The Kier molecular flexibility index (Phi) is 11.0. The summed E-state index contributed by atoms with van der Waals surface area (Å²) >= 11 is 0. The van der Waals surface area contributed by atoms with Gasteiger partial charge in [0.1, 0.15) is 34.9 Å². The van der Waals surface area contributed by atoms with Gasteiger partial charge in [0.15, 0.2) is 52.4 Å². The van der Waals surface area contributed by atoms with Crippen LogP contribution in [0, 0.1) is 87.3 Å². The van der Waals surface area contributed by atoms with Crippen LogP contribution in [0.2, 0.25) is 0 Å². The molecule has 17 heteroatoms. The molecule has 1 aliphatic carbocycles. The SMILES string of the molecule is CC(C)[NH2+]C1CCCCC1.Fc1c(F)c(F)c([BH-](c2c(F)c(F)c(F)c(F)c2F)c2c(F)c(F)c(F)c(F)c2F)c(F)c1F. The lowest BCUT2D eigenvalue weighted by Gasteiger charge is -2.30. The smallest absolute Gasteiger partial charge is 0.200 e. The molecule has 3 aromatic carbocycles. The Bertz CT molecular complexity index is 1320. The highest BCUT2D eigenvalue weighted by Crippen LogP contribution is 2.23. The maximum atomic E-state index is 14.4. The fourth-order valence-electron chi connectivity index (χ4n) is 5.28. The van der Waals surface area contributed by atoms with Crippen molar-refractivity contribution in [3.63, 3.8) is 0 Å². The lowest BCUT2D eigenvalue weighted by atomic mass is 9.36. The molecule has 44 heavy (non-hydrogen) atoms. The second-order valence-corrected chi connectivity index (χ2v) is 10.5. The van der Waals surface area contributed by atoms with Crippen LogP contribution in [0.15, 0.2) is 0 Å². The van der Waals surface area contributed by atoms with E-state index in [-0.39, 0.29) is 0 Å². The Labute approximate surface area is 240 Å². The summed E-state index contributed by atoms with van der Waals surface area (Å²) in [6.45, 7) is -0.590. The Morgan fingerprint density at radius 3 is 0.864 bits per heavy atom. The van der Waals surface area contributed by atoms with Gasteiger partial charge in [-0.15, -0.1) is 16.4 Å². The van der Waals surface area contributed by atoms with Crippen molar-refractivity contribution < 1.29 is 71.2 Å². The Balaban J connectivity index is 0.000000448. The summed E-state index contributed by atoms with van der Waals surface area (Å²) in [6, 6.07) is 1.75. The number of quaternary nitrogens is 1. The normalized spacial score (nSPS) is 14.0. The van der Waals surface area contributed by atoms with Gasteiger partial charge in [0.25, 0.3) is 0 Å². The van der Waals surface area contributed by atoms with Crippen LogP contribution < -0.4 is 21.7 Å². The fraction of sp³-hybridized carbons (Fsp3) is 0.333. The zero-order chi connectivity index (χ0) is 33.4. The number of halogens is 15. The van der Waals surface area contributed by atoms with Gasteiger partial charge in [0, 0.05) is 0 Å². The monoisotopic (exact) mass is 655 g/mol. The minimum atomic E-state index is -5.16. The van der Waals surface area contributed by atoms with E-state index in [1.807, 2.05) is 0 Å². The first-order valence-corrected chi connectivity index (χ1v) is 13.0. The van der Waals surface area contributed by atoms with Crippen LogP contribution in [-0.4, -0.2) is 18.8 Å². The third-order valence-corrected chi connectivity index (χ3v) is 7.27. The number of nitrogens with two attached hydrogens (primary N) is 1. The van der Waals surface area contributed by atoms with E-state index in [1.165, 1.54) is 32.1 Å². The summed E-state index contributed by atoms with van der Waals surface area (Å²) in [6.07, 6.45) is 7.32. The van der Waals surface area contributed by atoms with Crippen molar-refractivity contribution in [2.75, 3.05) is 0 Å². The van der Waals surface area contributed by atoms with Crippen molar-refractivity contribution in [2.45, 2.75) is 58.0 Å². The fourth-order valence-corrected chi connectivity index (χ4v) is 5.28. The summed E-state index contributed by atoms with van der Waals surface area (Å²) in [5.41, 5.74) is -7.78. The number of hydrogen-bond donors (Lipinski definition) is 1. The van der Waals surface area contributed by atoms with Crippen LogP contribution >= 0.6 is 0 Å². The topological polar surface area (TPSA) is 16.6 Å². The van der Waals surface area contributed by atoms with Crippen LogP contribution in [0.4, 0.5) is 65.9 Å². The summed E-state index contributed by atoms with van der Waals surface area (Å²) in [5.74, 6) is -44.8. The minimum Gasteiger partial charge on any atom is -0.342 e. The highest BCUT2D eigenvalue weighted by atomic mass is 19.2. The zero-order valence-corrected chi connectivity index (χ0v) is 22.6. The Morgan fingerprint density at radius 2 is 0.636 bits per heavy atom. The van der Waals surface area contributed by atoms with E-state index < -0.39 is 110 Å². The van der Waals surface area contributed by atoms with Gasteiger partial charge in [-0.1, -0.05) is 6.42 Å². The molecule has 1 aliphatic rings. The molecule has 2 N–H and O–H groups in total. The highest BCUT2D eigenvalue weighted by Gasteiger charge is 2.37. The molecule has 0 saturated heterocycles. The number of rotatable bonds is 5. The van der Waals surface area contributed by atoms with Gasteiger partial charge in [-0.2, -0.15) is 0 Å². The van der Waals surface area contributed by atoms with E-state index in [0.717, 1.165) is 12.1 Å². The van der Waals surface area contributed by atoms with Crippen molar-refractivity contribution in [3.05, 3.63) is 87.3 Å². The van der Waals surface area contributed by atoms with Crippen molar-refractivity contribution in [3.8, 4) is 0 Å². The second-order valence-electron chi connectivity index (χ2n) is 10.5. The molecule has 0 radical (unpaired) electrons. The highest BCUT2D eigenvalue weighted by molar-refractivity contribution is 6.95. The molecule has 0 aliphatic heterocycles. The third kappa shape index (κ3) is 6.38. The van der Waals surface area contributed by atoms with Crippen LogP contribution in [-0.2, 0) is 0 Å². The lowest BCUT2D eigenvalue weighted by molar-refractivity contribution is -0.717. The van der Waals surface area contributed by atoms with Gasteiger partial charge in [-0.25, -0.2) is 65.9 Å². The Morgan fingerprint density at radius 1 is 0.409 bits per heavy atom. The van der Waals surface area contributed by atoms with Gasteiger partial charge >= 0.3 is 0 Å². The van der Waals surface area contributed by atoms with Crippen molar-refractivity contribution in [1.82, 2.24) is 0 Å². The first kappa shape index (κ1) is 35.1. The van der Waals surface area contributed by atoms with E-state index in [0.29, 0.717) is 0 Å². The number of benzene rings is 3. The standard InChI is InChI=1S/C18HBF15.C9H19N/c20-4-1(5(21)11(27)16(32)10(4)26)19(2-6(22)12(28)17(33)13(29)7(2)23)3-8(24)14(30)18(34)15(31)9(3)25;1-8(2)10-9-6-4-3-5-7-9/h19H;8-10H,3-7H2,1-2H3/q-1;/p+1. The number of hydrogen-bond acceptors (Lipinski definition) is 0. The molecule has 0 amide bonds. The zero-order valence-electron chi connectivity index (χ0n) is 22.6. The first-order chi connectivity index (χ1) is 20.4. The van der Waals surface area contributed by atoms with E-state index in [4.69, 9.17) is 0 Å². The van der Waals surface area contributed by atoms with E-state index >= 15 is 0 Å². The third-order valence-electron chi connectivity index (χ3n) is 7.27. The van der Waals surface area contributed by atoms with E-state index in [2.05, 4.69) is 19.2 Å². The van der Waals surface area contributed by atoms with Gasteiger partial charge < -0.3 is 5.32 Å². The van der Waals surface area contributed by atoms with E-state index in [9.17, 15) is 65.9 Å². The molecular formula is C27H21BF15N. The van der Waals surface area contributed by atoms with Crippen LogP contribution in [0.5, 0.6) is 0 Å². The molecule has 3 aromatic rings. The van der Waals surface area contributed by atoms with Gasteiger partial charge in [0.2, 0.25) is 0 Å². The Hall–Kier alpha value is -3.37. The maximum Gasteiger partial charge on any atom is 0.200 e. The molecule has 0 heterocycles. The molecule has 242 valence electrons. The molecule has 1 nitrogen and oxygen atoms in total. The van der Waals surface area contributed by atoms with Crippen molar-refractivity contribution >= 4 is 23.1 Å². The average Bonchev–Trinajstić information content (AvgIpc) is 2.99. The van der Waals surface area contributed by atoms with Crippen LogP contribution in [0.25, 0.3) is 0 Å². The van der Waals surface area contributed by atoms with Gasteiger partial charge in [0.05, 0.1) is 18.8 Å². The van der Waals surface area contributed by atoms with E-state index in [1.54, 1.807) is 0 Å². The summed E-state index contributed by atoms with van der Waals surface area (Å²) < 4.78 is 209. The lowest BCUT2D eigenvalue weighted by Crippen LogP contribution is -2.93. The largest absolute Gasteiger partial charge is 0.342 e. The molecule has 4 rings (SSSR count). The molecule has 0 spiro atoms. The van der Waals surface area contributed by atoms with Crippen LogP contribution in [0.1, 0.15) is 46.0 Å². The minimum absolute atomic E-state index is 0.795. The molecule has 0 unspecified atom stereocenters. The first-order valence-electron chi connectivity index (χ1n) is 13.0. The summed E-state index contributed by atoms with van der Waals surface area (Å²) in [5, 5.41) is 2.53. The molecule has 0 aromatic heterocycles. The second kappa shape index (κ2) is 13.7. The molecule has 0 bridgehead atoms. The van der Waals surface area contributed by atoms with Crippen molar-refractivity contribution in [1.29, 1.82) is 0 Å². The maximum absolute atomic E-state index is 14.4. The summed E-state index contributed by atoms with van der Waals surface area (Å²) in [4.78, 5) is 0. The molecule has 1 saturated carbocycles.